The lowest BCUT2D eigenvalue weighted by Crippen LogP contribution is -2.42. The lowest BCUT2D eigenvalue weighted by atomic mass is 9.91. The zero-order valence-electron chi connectivity index (χ0n) is 16.4. The fourth-order valence-electron chi connectivity index (χ4n) is 3.84. The van der Waals surface area contributed by atoms with Crippen molar-refractivity contribution in [2.24, 2.45) is 0 Å². The summed E-state index contributed by atoms with van der Waals surface area (Å²) in [6.07, 6.45) is 1.80. The van der Waals surface area contributed by atoms with Crippen molar-refractivity contribution in [3.05, 3.63) is 89.0 Å². The van der Waals surface area contributed by atoms with Crippen LogP contribution in [-0.4, -0.2) is 25.0 Å². The molecular weight excluding hydrogens is 378 g/mol. The van der Waals surface area contributed by atoms with Gasteiger partial charge in [-0.3, -0.25) is 9.59 Å². The third-order valence-electron chi connectivity index (χ3n) is 5.32. The predicted octanol–water partition coefficient (Wildman–Crippen LogP) is 4.49. The first-order valence-electron chi connectivity index (χ1n) is 9.78. The van der Waals surface area contributed by atoms with Gasteiger partial charge in [-0.15, -0.1) is 0 Å². The summed E-state index contributed by atoms with van der Waals surface area (Å²) in [6, 6.07) is 20.2. The van der Waals surface area contributed by atoms with Gasteiger partial charge in [0.1, 0.15) is 13.2 Å². The van der Waals surface area contributed by atoms with Gasteiger partial charge in [-0.2, -0.15) is 0 Å². The van der Waals surface area contributed by atoms with Crippen LogP contribution in [0.3, 0.4) is 0 Å². The van der Waals surface area contributed by atoms with Crippen LogP contribution in [0.4, 0.5) is 5.69 Å². The van der Waals surface area contributed by atoms with Gasteiger partial charge in [-0.25, -0.2) is 4.90 Å². The minimum atomic E-state index is -0.345. The van der Waals surface area contributed by atoms with Crippen LogP contribution in [-0.2, 0) is 4.79 Å². The van der Waals surface area contributed by atoms with E-state index in [-0.39, 0.29) is 11.8 Å². The zero-order chi connectivity index (χ0) is 20.7. The first kappa shape index (κ1) is 18.2. The molecule has 0 aliphatic carbocycles. The molecule has 3 aromatic carbocycles. The van der Waals surface area contributed by atoms with Gasteiger partial charge >= 0.3 is 0 Å². The van der Waals surface area contributed by atoms with Crippen LogP contribution in [0, 0.1) is 6.92 Å². The van der Waals surface area contributed by atoms with Crippen molar-refractivity contribution in [2.75, 3.05) is 18.1 Å². The maximum Gasteiger partial charge on any atom is 0.265 e. The second kappa shape index (κ2) is 7.19. The highest BCUT2D eigenvalue weighted by Gasteiger charge is 2.36. The van der Waals surface area contributed by atoms with E-state index < -0.39 is 0 Å². The van der Waals surface area contributed by atoms with E-state index in [4.69, 9.17) is 9.47 Å². The topological polar surface area (TPSA) is 55.8 Å². The number of nitrogens with zero attached hydrogens (tertiary/aromatic N) is 1. The molecule has 5 rings (SSSR count). The highest BCUT2D eigenvalue weighted by atomic mass is 16.6. The Labute approximate surface area is 174 Å². The first-order chi connectivity index (χ1) is 14.6. The Morgan fingerprint density at radius 1 is 0.800 bits per heavy atom. The number of hydrogen-bond donors (Lipinski definition) is 0. The molecule has 2 aliphatic rings. The number of ether oxygens (including phenoxy) is 2. The Morgan fingerprint density at radius 2 is 1.50 bits per heavy atom. The largest absolute Gasteiger partial charge is 0.486 e. The van der Waals surface area contributed by atoms with Crippen molar-refractivity contribution in [1.29, 1.82) is 0 Å². The first-order valence-corrected chi connectivity index (χ1v) is 9.78. The van der Waals surface area contributed by atoms with Gasteiger partial charge in [0, 0.05) is 11.1 Å². The monoisotopic (exact) mass is 397 g/mol. The summed E-state index contributed by atoms with van der Waals surface area (Å²) in [5.74, 6) is 0.682. The third-order valence-corrected chi connectivity index (χ3v) is 5.32. The number of hydrogen-bond acceptors (Lipinski definition) is 4. The van der Waals surface area contributed by atoms with Gasteiger partial charge in [0.15, 0.2) is 11.5 Å². The van der Waals surface area contributed by atoms with Crippen LogP contribution >= 0.6 is 0 Å². The Hall–Kier alpha value is -3.86. The fourth-order valence-corrected chi connectivity index (χ4v) is 3.84. The summed E-state index contributed by atoms with van der Waals surface area (Å²) in [7, 11) is 0. The normalized spacial score (nSPS) is 16.6. The van der Waals surface area contributed by atoms with Gasteiger partial charge in [-0.1, -0.05) is 42.5 Å². The molecule has 3 aromatic rings. The number of benzene rings is 3. The Bertz CT molecular complexity index is 1210. The molecule has 5 heteroatoms. The predicted molar refractivity (Wildman–Crippen MR) is 115 cm³/mol. The maximum absolute atomic E-state index is 13.5. The van der Waals surface area contributed by atoms with E-state index in [0.29, 0.717) is 47.1 Å². The zero-order valence-corrected chi connectivity index (χ0v) is 16.4. The van der Waals surface area contributed by atoms with Gasteiger partial charge in [-0.05, 0) is 54.0 Å². The fraction of sp³-hybridized carbons (Fsp3) is 0.120. The van der Waals surface area contributed by atoms with E-state index in [1.165, 1.54) is 4.90 Å². The number of fused-ring (bicyclic) bond motifs is 2. The third kappa shape index (κ3) is 2.95. The number of rotatable bonds is 2. The van der Waals surface area contributed by atoms with Crippen molar-refractivity contribution in [1.82, 2.24) is 0 Å². The number of aryl methyl sites for hydroxylation is 1. The molecule has 0 bridgehead atoms. The summed E-state index contributed by atoms with van der Waals surface area (Å²) < 4.78 is 11.3. The second-order valence-electron chi connectivity index (χ2n) is 7.24. The number of amides is 2. The lowest BCUT2D eigenvalue weighted by molar-refractivity contribution is -0.112. The van der Waals surface area contributed by atoms with Gasteiger partial charge in [0.25, 0.3) is 11.8 Å². The summed E-state index contributed by atoms with van der Waals surface area (Å²) in [4.78, 5) is 28.0. The van der Waals surface area contributed by atoms with Crippen LogP contribution in [0.15, 0.2) is 66.7 Å². The average molecular weight is 397 g/mol. The highest BCUT2D eigenvalue weighted by Crippen LogP contribution is 2.36. The highest BCUT2D eigenvalue weighted by molar-refractivity contribution is 6.43. The lowest BCUT2D eigenvalue weighted by Gasteiger charge is -2.29. The quantitative estimate of drug-likeness (QED) is 0.472. The molecule has 148 valence electrons. The molecule has 2 heterocycles. The number of carbonyl (C=O) groups excluding carboxylic acids is 2. The van der Waals surface area contributed by atoms with E-state index in [9.17, 15) is 9.59 Å². The minimum Gasteiger partial charge on any atom is -0.486 e. The molecule has 0 unspecified atom stereocenters. The van der Waals surface area contributed by atoms with Crippen LogP contribution in [0.2, 0.25) is 0 Å². The van der Waals surface area contributed by atoms with Crippen molar-refractivity contribution in [2.45, 2.75) is 6.92 Å². The second-order valence-corrected chi connectivity index (χ2v) is 7.24. The number of anilines is 1. The SMILES string of the molecule is Cc1ccccc1N1C(=O)C(=Cc2ccc3c(c2)OCCO3)c2ccccc2C1=O. The summed E-state index contributed by atoms with van der Waals surface area (Å²) in [6.45, 7) is 2.90. The Kier molecular flexibility index (Phi) is 4.36. The summed E-state index contributed by atoms with van der Waals surface area (Å²) in [5, 5.41) is 0. The van der Waals surface area contributed by atoms with Crippen LogP contribution in [0.5, 0.6) is 11.5 Å². The average Bonchev–Trinajstić information content (AvgIpc) is 2.78. The van der Waals surface area contributed by atoms with Gasteiger partial charge in [0.2, 0.25) is 0 Å². The number of para-hydroxylation sites is 1. The molecule has 5 nitrogen and oxygen atoms in total. The molecule has 0 saturated carbocycles. The molecule has 0 atom stereocenters. The van der Waals surface area contributed by atoms with Gasteiger partial charge < -0.3 is 9.47 Å². The van der Waals surface area contributed by atoms with Crippen LogP contribution in [0.25, 0.3) is 11.6 Å². The van der Waals surface area contributed by atoms with E-state index >= 15 is 0 Å². The van der Waals surface area contributed by atoms with Crippen molar-refractivity contribution in [3.8, 4) is 11.5 Å². The molecule has 0 fully saturated rings. The van der Waals surface area contributed by atoms with Crippen LogP contribution in [0.1, 0.15) is 27.0 Å². The van der Waals surface area contributed by atoms with Crippen LogP contribution < -0.4 is 14.4 Å². The molecular formula is C25H19NO4. The number of carbonyl (C=O) groups is 2. The van der Waals surface area contributed by atoms with Crippen molar-refractivity contribution >= 4 is 29.2 Å². The standard InChI is InChI=1S/C25H19NO4/c1-16-6-2-5-9-21(16)26-24(27)19-8-4-3-7-18(19)20(25(26)28)14-17-10-11-22-23(15-17)30-13-12-29-22/h2-11,14-15H,12-13H2,1H3. The molecule has 0 aromatic heterocycles. The Morgan fingerprint density at radius 3 is 2.30 bits per heavy atom. The molecule has 0 N–H and O–H groups in total. The Balaban J connectivity index is 1.66. The summed E-state index contributed by atoms with van der Waals surface area (Å²) in [5.41, 5.74) is 3.85. The smallest absolute Gasteiger partial charge is 0.265 e. The molecule has 30 heavy (non-hydrogen) atoms. The molecule has 2 aliphatic heterocycles. The summed E-state index contributed by atoms with van der Waals surface area (Å²) >= 11 is 0. The van der Waals surface area contributed by atoms with E-state index in [0.717, 1.165) is 11.1 Å². The minimum absolute atomic E-state index is 0.316. The van der Waals surface area contributed by atoms with E-state index in [1.807, 2.05) is 61.5 Å². The van der Waals surface area contributed by atoms with Crippen molar-refractivity contribution < 1.29 is 19.1 Å². The molecule has 0 saturated heterocycles. The van der Waals surface area contributed by atoms with E-state index in [2.05, 4.69) is 0 Å². The molecule has 2 amide bonds. The van der Waals surface area contributed by atoms with Crippen molar-refractivity contribution in [3.63, 3.8) is 0 Å². The number of imide groups is 1. The molecule has 0 spiro atoms. The van der Waals surface area contributed by atoms with E-state index in [1.54, 1.807) is 18.2 Å². The maximum atomic E-state index is 13.5. The van der Waals surface area contributed by atoms with Gasteiger partial charge in [0.05, 0.1) is 5.69 Å². The molecule has 0 radical (unpaired) electrons.